The number of hydrogen-bond acceptors (Lipinski definition) is 3. The monoisotopic (exact) mass is 350 g/mol. The van der Waals surface area contributed by atoms with Gasteiger partial charge in [0.25, 0.3) is 5.91 Å². The van der Waals surface area contributed by atoms with Crippen molar-refractivity contribution in [2.45, 2.75) is 19.9 Å². The minimum Gasteiger partial charge on any atom is -0.347 e. The maximum Gasteiger partial charge on any atom is 0.253 e. The highest BCUT2D eigenvalue weighted by molar-refractivity contribution is 7.10. The van der Waals surface area contributed by atoms with Gasteiger partial charge in [-0.3, -0.25) is 9.59 Å². The van der Waals surface area contributed by atoms with Crippen LogP contribution < -0.4 is 10.6 Å². The minimum absolute atomic E-state index is 0.0558. The third kappa shape index (κ3) is 4.81. The van der Waals surface area contributed by atoms with Crippen molar-refractivity contribution in [3.63, 3.8) is 0 Å². The Morgan fingerprint density at radius 2 is 1.91 bits per heavy atom. The van der Waals surface area contributed by atoms with Crippen LogP contribution in [0.5, 0.6) is 0 Å². The number of amides is 2. The van der Waals surface area contributed by atoms with Crippen molar-refractivity contribution in [1.29, 1.82) is 0 Å². The second kappa shape index (κ2) is 8.13. The van der Waals surface area contributed by atoms with Gasteiger partial charge in [-0.1, -0.05) is 43.6 Å². The van der Waals surface area contributed by atoms with Crippen LogP contribution >= 0.6 is 22.9 Å². The molecule has 0 saturated heterocycles. The molecule has 0 saturated carbocycles. The van der Waals surface area contributed by atoms with E-state index in [-0.39, 0.29) is 30.3 Å². The molecule has 0 spiro atoms. The molecular formula is C17H19ClN2O2S. The Labute approximate surface area is 144 Å². The Morgan fingerprint density at radius 1 is 1.17 bits per heavy atom. The number of thiophene rings is 1. The van der Waals surface area contributed by atoms with Crippen LogP contribution in [0, 0.1) is 5.92 Å². The number of carbonyl (C=O) groups excluding carboxylic acids is 2. The SMILES string of the molecule is CC(C)[C@@H](NC(=O)CNC(=O)c1ccccc1Cl)c1cccs1. The van der Waals surface area contributed by atoms with Crippen molar-refractivity contribution in [3.05, 3.63) is 57.2 Å². The highest BCUT2D eigenvalue weighted by Crippen LogP contribution is 2.25. The summed E-state index contributed by atoms with van der Waals surface area (Å²) in [7, 11) is 0. The highest BCUT2D eigenvalue weighted by Gasteiger charge is 2.19. The van der Waals surface area contributed by atoms with Crippen LogP contribution in [-0.2, 0) is 4.79 Å². The second-order valence-corrected chi connectivity index (χ2v) is 6.85. The molecule has 0 bridgehead atoms. The number of nitrogens with one attached hydrogen (secondary N) is 2. The van der Waals surface area contributed by atoms with E-state index in [1.54, 1.807) is 35.6 Å². The normalized spacial score (nSPS) is 12.0. The molecule has 2 N–H and O–H groups in total. The van der Waals surface area contributed by atoms with Gasteiger partial charge in [0.05, 0.1) is 23.2 Å². The average Bonchev–Trinajstić information content (AvgIpc) is 3.04. The molecule has 1 heterocycles. The summed E-state index contributed by atoms with van der Waals surface area (Å²) in [6.07, 6.45) is 0. The first-order valence-corrected chi connectivity index (χ1v) is 8.60. The number of rotatable bonds is 6. The van der Waals surface area contributed by atoms with Gasteiger partial charge in [-0.05, 0) is 29.5 Å². The Balaban J connectivity index is 1.92. The first kappa shape index (κ1) is 17.5. The lowest BCUT2D eigenvalue weighted by Gasteiger charge is -2.21. The first-order valence-electron chi connectivity index (χ1n) is 7.34. The molecule has 4 nitrogen and oxygen atoms in total. The number of hydrogen-bond donors (Lipinski definition) is 2. The van der Waals surface area contributed by atoms with Crippen molar-refractivity contribution in [2.24, 2.45) is 5.92 Å². The van der Waals surface area contributed by atoms with E-state index in [9.17, 15) is 9.59 Å². The summed E-state index contributed by atoms with van der Waals surface area (Å²) in [4.78, 5) is 25.3. The van der Waals surface area contributed by atoms with Gasteiger partial charge >= 0.3 is 0 Å². The van der Waals surface area contributed by atoms with Gasteiger partial charge in [-0.2, -0.15) is 0 Å². The summed E-state index contributed by atoms with van der Waals surface area (Å²) in [5, 5.41) is 7.91. The summed E-state index contributed by atoms with van der Waals surface area (Å²) in [6, 6.07) is 10.6. The molecule has 0 unspecified atom stereocenters. The van der Waals surface area contributed by atoms with E-state index in [0.29, 0.717) is 10.6 Å². The summed E-state index contributed by atoms with van der Waals surface area (Å²) in [6.45, 7) is 4.01. The predicted octanol–water partition coefficient (Wildman–Crippen LogP) is 3.64. The Hall–Kier alpha value is -1.85. The van der Waals surface area contributed by atoms with E-state index in [2.05, 4.69) is 10.6 Å². The second-order valence-electron chi connectivity index (χ2n) is 5.47. The van der Waals surface area contributed by atoms with Gasteiger partial charge in [0.2, 0.25) is 5.91 Å². The van der Waals surface area contributed by atoms with Crippen molar-refractivity contribution >= 4 is 34.8 Å². The standard InChI is InChI=1S/C17H19ClN2O2S/c1-11(2)16(14-8-5-9-23-14)20-15(21)10-19-17(22)12-6-3-4-7-13(12)18/h3-9,11,16H,10H2,1-2H3,(H,19,22)(H,20,21)/t16-/m1/s1. The lowest BCUT2D eigenvalue weighted by molar-refractivity contribution is -0.121. The van der Waals surface area contributed by atoms with Crippen molar-refractivity contribution in [1.82, 2.24) is 10.6 Å². The summed E-state index contributed by atoms with van der Waals surface area (Å²) in [5.74, 6) is -0.322. The topological polar surface area (TPSA) is 58.2 Å². The van der Waals surface area contributed by atoms with Crippen molar-refractivity contribution in [2.75, 3.05) is 6.54 Å². The van der Waals surface area contributed by atoms with Gasteiger partial charge in [-0.25, -0.2) is 0 Å². The van der Waals surface area contributed by atoms with Crippen molar-refractivity contribution in [3.8, 4) is 0 Å². The highest BCUT2D eigenvalue weighted by atomic mass is 35.5. The van der Waals surface area contributed by atoms with E-state index < -0.39 is 0 Å². The zero-order chi connectivity index (χ0) is 16.8. The fourth-order valence-corrected chi connectivity index (χ4v) is 3.33. The third-order valence-corrected chi connectivity index (χ3v) is 4.65. The fraction of sp³-hybridized carbons (Fsp3) is 0.294. The lowest BCUT2D eigenvalue weighted by Crippen LogP contribution is -2.39. The van der Waals surface area contributed by atoms with Crippen LogP contribution in [0.1, 0.15) is 35.1 Å². The number of benzene rings is 1. The number of carbonyl (C=O) groups is 2. The fourth-order valence-electron chi connectivity index (χ4n) is 2.16. The van der Waals surface area contributed by atoms with Gasteiger partial charge in [-0.15, -0.1) is 11.3 Å². The van der Waals surface area contributed by atoms with Gasteiger partial charge in [0.1, 0.15) is 0 Å². The lowest BCUT2D eigenvalue weighted by atomic mass is 10.0. The number of halogens is 1. The minimum atomic E-state index is -0.358. The zero-order valence-electron chi connectivity index (χ0n) is 13.0. The van der Waals surface area contributed by atoms with Crippen LogP contribution in [0.4, 0.5) is 0 Å². The van der Waals surface area contributed by atoms with Crippen LogP contribution in [0.25, 0.3) is 0 Å². The third-order valence-electron chi connectivity index (χ3n) is 3.36. The van der Waals surface area contributed by atoms with Gasteiger partial charge in [0, 0.05) is 4.88 Å². The van der Waals surface area contributed by atoms with E-state index in [0.717, 1.165) is 4.88 Å². The molecule has 2 amide bonds. The molecule has 1 aromatic heterocycles. The zero-order valence-corrected chi connectivity index (χ0v) is 14.6. The molecule has 0 fully saturated rings. The van der Waals surface area contributed by atoms with E-state index in [1.807, 2.05) is 31.4 Å². The molecule has 1 atom stereocenters. The maximum absolute atomic E-state index is 12.1. The molecule has 0 radical (unpaired) electrons. The first-order chi connectivity index (χ1) is 11.0. The summed E-state index contributed by atoms with van der Waals surface area (Å²) in [5.41, 5.74) is 0.362. The molecule has 6 heteroatoms. The van der Waals surface area contributed by atoms with Crippen LogP contribution in [0.3, 0.4) is 0 Å². The maximum atomic E-state index is 12.1. The Bertz CT molecular complexity index is 671. The Kier molecular flexibility index (Phi) is 6.19. The quantitative estimate of drug-likeness (QED) is 0.835. The van der Waals surface area contributed by atoms with Crippen LogP contribution in [0.2, 0.25) is 5.02 Å². The molecule has 2 aromatic rings. The van der Waals surface area contributed by atoms with E-state index >= 15 is 0 Å². The van der Waals surface area contributed by atoms with Crippen molar-refractivity contribution < 1.29 is 9.59 Å². The molecule has 0 aliphatic rings. The predicted molar refractivity (Wildman–Crippen MR) is 93.8 cm³/mol. The summed E-state index contributed by atoms with van der Waals surface area (Å²) < 4.78 is 0. The average molecular weight is 351 g/mol. The molecule has 0 aliphatic heterocycles. The van der Waals surface area contributed by atoms with Crippen LogP contribution in [-0.4, -0.2) is 18.4 Å². The summed E-state index contributed by atoms with van der Waals surface area (Å²) >= 11 is 7.57. The largest absolute Gasteiger partial charge is 0.347 e. The smallest absolute Gasteiger partial charge is 0.253 e. The van der Waals surface area contributed by atoms with Gasteiger partial charge in [0.15, 0.2) is 0 Å². The van der Waals surface area contributed by atoms with E-state index in [1.165, 1.54) is 0 Å². The molecule has 1 aromatic carbocycles. The molecule has 23 heavy (non-hydrogen) atoms. The molecule has 2 rings (SSSR count). The molecular weight excluding hydrogens is 332 g/mol. The molecule has 0 aliphatic carbocycles. The van der Waals surface area contributed by atoms with E-state index in [4.69, 9.17) is 11.6 Å². The van der Waals surface area contributed by atoms with Crippen LogP contribution in [0.15, 0.2) is 41.8 Å². The molecule has 122 valence electrons. The Morgan fingerprint density at radius 3 is 2.52 bits per heavy atom. The van der Waals surface area contributed by atoms with Gasteiger partial charge < -0.3 is 10.6 Å².